The van der Waals surface area contributed by atoms with Crippen LogP contribution in [0.5, 0.6) is 0 Å². The summed E-state index contributed by atoms with van der Waals surface area (Å²) in [7, 11) is -4.04. The average molecular weight is 302 g/mol. The van der Waals surface area contributed by atoms with Crippen LogP contribution in [-0.4, -0.2) is 30.6 Å². The maximum Gasteiger partial charge on any atom is 0.289 e. The lowest BCUT2D eigenvalue weighted by Crippen LogP contribution is -2.42. The van der Waals surface area contributed by atoms with Crippen LogP contribution in [0.15, 0.2) is 29.2 Å². The molecule has 7 nitrogen and oxygen atoms in total. The second-order valence-corrected chi connectivity index (χ2v) is 6.22. The summed E-state index contributed by atoms with van der Waals surface area (Å²) in [6.07, 6.45) is 0.756. The standard InChI is InChI=1S/C12H18N2O5S/c1-3-12(15,4-2)9-13-20(18,19)11-8-6-5-7-10(11)14(16)17/h5-8,13,15H,3-4,9H2,1-2H3. The Balaban J connectivity index is 3.04. The largest absolute Gasteiger partial charge is 0.389 e. The van der Waals surface area contributed by atoms with E-state index in [1.165, 1.54) is 12.1 Å². The molecule has 0 heterocycles. The summed E-state index contributed by atoms with van der Waals surface area (Å²) < 4.78 is 26.4. The first-order chi connectivity index (χ1) is 9.25. The van der Waals surface area contributed by atoms with Crippen molar-refractivity contribution in [3.63, 3.8) is 0 Å². The highest BCUT2D eigenvalue weighted by atomic mass is 32.2. The number of hydrogen-bond acceptors (Lipinski definition) is 5. The molecule has 0 aliphatic carbocycles. The Labute approximate surface area is 117 Å². The van der Waals surface area contributed by atoms with E-state index in [9.17, 15) is 23.6 Å². The number of nitrogens with one attached hydrogen (secondary N) is 1. The van der Waals surface area contributed by atoms with Crippen LogP contribution in [-0.2, 0) is 10.0 Å². The quantitative estimate of drug-likeness (QED) is 0.585. The molecule has 0 radical (unpaired) electrons. The van der Waals surface area contributed by atoms with Gasteiger partial charge < -0.3 is 5.11 Å². The third-order valence-electron chi connectivity index (χ3n) is 3.26. The molecule has 0 aliphatic rings. The van der Waals surface area contributed by atoms with E-state index in [1.54, 1.807) is 13.8 Å². The third-order valence-corrected chi connectivity index (χ3v) is 4.71. The maximum atomic E-state index is 12.1. The van der Waals surface area contributed by atoms with E-state index in [1.807, 2.05) is 0 Å². The van der Waals surface area contributed by atoms with Gasteiger partial charge in [0.1, 0.15) is 0 Å². The summed E-state index contributed by atoms with van der Waals surface area (Å²) >= 11 is 0. The molecule has 0 unspecified atom stereocenters. The van der Waals surface area contributed by atoms with Crippen LogP contribution in [0.3, 0.4) is 0 Å². The van der Waals surface area contributed by atoms with Gasteiger partial charge in [0.05, 0.1) is 10.5 Å². The topological polar surface area (TPSA) is 110 Å². The van der Waals surface area contributed by atoms with Crippen molar-refractivity contribution in [3.8, 4) is 0 Å². The Bertz CT molecular complexity index is 581. The Morgan fingerprint density at radius 2 is 1.85 bits per heavy atom. The number of para-hydroxylation sites is 1. The summed E-state index contributed by atoms with van der Waals surface area (Å²) in [6, 6.07) is 5.09. The van der Waals surface area contributed by atoms with E-state index in [2.05, 4.69) is 4.72 Å². The molecule has 0 saturated carbocycles. The zero-order valence-corrected chi connectivity index (χ0v) is 12.2. The van der Waals surface area contributed by atoms with Crippen molar-refractivity contribution in [1.82, 2.24) is 4.72 Å². The van der Waals surface area contributed by atoms with Crippen molar-refractivity contribution < 1.29 is 18.4 Å². The van der Waals surface area contributed by atoms with Crippen molar-refractivity contribution in [2.45, 2.75) is 37.2 Å². The normalized spacial score (nSPS) is 12.3. The van der Waals surface area contributed by atoms with Crippen LogP contribution in [0.25, 0.3) is 0 Å². The van der Waals surface area contributed by atoms with E-state index < -0.39 is 31.1 Å². The minimum atomic E-state index is -4.04. The molecule has 1 aromatic carbocycles. The molecule has 1 aromatic rings. The summed E-state index contributed by atoms with van der Waals surface area (Å²) in [5.41, 5.74) is -1.65. The van der Waals surface area contributed by atoms with Crippen molar-refractivity contribution >= 4 is 15.7 Å². The minimum Gasteiger partial charge on any atom is -0.389 e. The van der Waals surface area contributed by atoms with Gasteiger partial charge >= 0.3 is 0 Å². The molecule has 1 rings (SSSR count). The van der Waals surface area contributed by atoms with E-state index >= 15 is 0 Å². The van der Waals surface area contributed by atoms with E-state index in [0.29, 0.717) is 12.8 Å². The summed E-state index contributed by atoms with van der Waals surface area (Å²) in [5.74, 6) is 0. The molecular formula is C12H18N2O5S. The molecule has 0 fully saturated rings. The van der Waals surface area contributed by atoms with Crippen molar-refractivity contribution in [1.29, 1.82) is 0 Å². The van der Waals surface area contributed by atoms with Crippen LogP contribution in [0.2, 0.25) is 0 Å². The van der Waals surface area contributed by atoms with Crippen molar-refractivity contribution in [3.05, 3.63) is 34.4 Å². The monoisotopic (exact) mass is 302 g/mol. The van der Waals surface area contributed by atoms with Gasteiger partial charge in [-0.3, -0.25) is 10.1 Å². The second kappa shape index (κ2) is 6.29. The van der Waals surface area contributed by atoms with E-state index in [4.69, 9.17) is 0 Å². The molecule has 0 bridgehead atoms. The predicted octanol–water partition coefficient (Wildman–Crippen LogP) is 1.42. The number of sulfonamides is 1. The molecule has 20 heavy (non-hydrogen) atoms. The third kappa shape index (κ3) is 3.75. The van der Waals surface area contributed by atoms with Crippen LogP contribution in [0.4, 0.5) is 5.69 Å². The van der Waals surface area contributed by atoms with Crippen LogP contribution in [0.1, 0.15) is 26.7 Å². The predicted molar refractivity (Wildman–Crippen MR) is 73.8 cm³/mol. The van der Waals surface area contributed by atoms with Gasteiger partial charge in [0.2, 0.25) is 10.0 Å². The van der Waals surface area contributed by atoms with Gasteiger partial charge in [-0.1, -0.05) is 26.0 Å². The molecule has 2 N–H and O–H groups in total. The number of hydrogen-bond donors (Lipinski definition) is 2. The Morgan fingerprint density at radius 1 is 1.30 bits per heavy atom. The Hall–Kier alpha value is -1.51. The Morgan fingerprint density at radius 3 is 2.35 bits per heavy atom. The molecule has 0 aliphatic heterocycles. The van der Waals surface area contributed by atoms with Gasteiger partial charge in [-0.25, -0.2) is 13.1 Å². The number of benzene rings is 1. The van der Waals surface area contributed by atoms with Crippen molar-refractivity contribution in [2.24, 2.45) is 0 Å². The number of rotatable bonds is 7. The van der Waals surface area contributed by atoms with Gasteiger partial charge in [0.25, 0.3) is 5.69 Å². The number of nitrogens with zero attached hydrogens (tertiary/aromatic N) is 1. The van der Waals surface area contributed by atoms with Gasteiger partial charge in [-0.15, -0.1) is 0 Å². The van der Waals surface area contributed by atoms with Gasteiger partial charge in [-0.2, -0.15) is 0 Å². The highest BCUT2D eigenvalue weighted by molar-refractivity contribution is 7.89. The summed E-state index contributed by atoms with van der Waals surface area (Å²) in [4.78, 5) is 9.69. The lowest BCUT2D eigenvalue weighted by atomic mass is 9.98. The zero-order valence-electron chi connectivity index (χ0n) is 11.4. The fraction of sp³-hybridized carbons (Fsp3) is 0.500. The minimum absolute atomic E-state index is 0.186. The van der Waals surface area contributed by atoms with Gasteiger partial charge in [0.15, 0.2) is 4.90 Å². The molecule has 0 atom stereocenters. The first-order valence-corrected chi connectivity index (χ1v) is 7.69. The van der Waals surface area contributed by atoms with E-state index in [0.717, 1.165) is 12.1 Å². The van der Waals surface area contributed by atoms with Crippen LogP contribution >= 0.6 is 0 Å². The van der Waals surface area contributed by atoms with E-state index in [-0.39, 0.29) is 6.54 Å². The first-order valence-electron chi connectivity index (χ1n) is 6.21. The highest BCUT2D eigenvalue weighted by Gasteiger charge is 2.29. The molecule has 0 aromatic heterocycles. The number of aliphatic hydroxyl groups is 1. The molecule has 0 amide bonds. The van der Waals surface area contributed by atoms with Crippen LogP contribution < -0.4 is 4.72 Å². The first kappa shape index (κ1) is 16.5. The lowest BCUT2D eigenvalue weighted by Gasteiger charge is -2.25. The second-order valence-electron chi connectivity index (χ2n) is 4.48. The Kier molecular flexibility index (Phi) is 5.21. The SMILES string of the molecule is CCC(O)(CC)CNS(=O)(=O)c1ccccc1[N+](=O)[O-]. The smallest absolute Gasteiger partial charge is 0.289 e. The zero-order chi connectivity index (χ0) is 15.4. The number of nitro benzene ring substituents is 1. The number of nitro groups is 1. The maximum absolute atomic E-state index is 12.1. The van der Waals surface area contributed by atoms with Crippen LogP contribution in [0, 0.1) is 10.1 Å². The lowest BCUT2D eigenvalue weighted by molar-refractivity contribution is -0.387. The average Bonchev–Trinajstić information content (AvgIpc) is 2.45. The fourth-order valence-corrected chi connectivity index (χ4v) is 2.93. The van der Waals surface area contributed by atoms with Gasteiger partial charge in [-0.05, 0) is 18.9 Å². The molecule has 0 saturated heterocycles. The molecule has 0 spiro atoms. The van der Waals surface area contributed by atoms with Gasteiger partial charge in [0, 0.05) is 12.6 Å². The summed E-state index contributed by atoms with van der Waals surface area (Å²) in [5, 5.41) is 20.9. The molecular weight excluding hydrogens is 284 g/mol. The van der Waals surface area contributed by atoms with Crippen molar-refractivity contribution in [2.75, 3.05) is 6.54 Å². The molecule has 112 valence electrons. The molecule has 8 heteroatoms. The fourth-order valence-electron chi connectivity index (χ4n) is 1.64. The summed E-state index contributed by atoms with van der Waals surface area (Å²) in [6.45, 7) is 3.29. The highest BCUT2D eigenvalue weighted by Crippen LogP contribution is 2.23.